The zero-order chi connectivity index (χ0) is 15.8. The number of nitrogens with one attached hydrogen (secondary N) is 2. The van der Waals surface area contributed by atoms with E-state index in [9.17, 15) is 0 Å². The summed E-state index contributed by atoms with van der Waals surface area (Å²) in [5, 5.41) is 6.57. The van der Waals surface area contributed by atoms with Crippen molar-refractivity contribution < 1.29 is 4.74 Å². The summed E-state index contributed by atoms with van der Waals surface area (Å²) in [4.78, 5) is 11.3. The van der Waals surface area contributed by atoms with Crippen LogP contribution in [0, 0.1) is 0 Å². The first-order valence-corrected chi connectivity index (χ1v) is 8.08. The van der Waals surface area contributed by atoms with Crippen LogP contribution < -0.4 is 15.4 Å². The molecule has 2 aromatic heterocycles. The smallest absolute Gasteiger partial charge is 0.213 e. The Morgan fingerprint density at radius 1 is 1.18 bits per heavy atom. The van der Waals surface area contributed by atoms with Gasteiger partial charge in [-0.15, -0.1) is 11.3 Å². The van der Waals surface area contributed by atoms with E-state index in [1.54, 1.807) is 14.2 Å². The molecule has 0 atom stereocenters. The Balaban J connectivity index is 1.84. The predicted octanol–water partition coefficient (Wildman–Crippen LogP) is 2.58. The molecule has 0 saturated carbocycles. The Morgan fingerprint density at radius 2 is 1.95 bits per heavy atom. The largest absolute Gasteiger partial charge is 0.481 e. The number of aromatic nitrogens is 1. The second-order valence-electron chi connectivity index (χ2n) is 4.67. The van der Waals surface area contributed by atoms with Crippen LogP contribution in [0.2, 0.25) is 0 Å². The van der Waals surface area contributed by atoms with Crippen LogP contribution in [0.15, 0.2) is 35.3 Å². The maximum Gasteiger partial charge on any atom is 0.213 e. The Morgan fingerprint density at radius 3 is 2.64 bits per heavy atom. The minimum Gasteiger partial charge on any atom is -0.481 e. The fourth-order valence-corrected chi connectivity index (χ4v) is 2.84. The molecule has 0 aliphatic rings. The maximum atomic E-state index is 5.12. The zero-order valence-corrected chi connectivity index (χ0v) is 14.0. The molecule has 0 aliphatic carbocycles. The number of nitrogens with zero attached hydrogens (tertiary/aromatic N) is 2. The van der Waals surface area contributed by atoms with Gasteiger partial charge in [-0.3, -0.25) is 4.99 Å². The molecule has 0 aromatic carbocycles. The van der Waals surface area contributed by atoms with Crippen LogP contribution >= 0.6 is 11.3 Å². The van der Waals surface area contributed by atoms with E-state index >= 15 is 0 Å². The summed E-state index contributed by atoms with van der Waals surface area (Å²) in [7, 11) is 3.38. The molecule has 118 valence electrons. The Hall–Kier alpha value is -2.08. The summed E-state index contributed by atoms with van der Waals surface area (Å²) in [5.41, 5.74) is 0.909. The normalized spacial score (nSPS) is 11.3. The van der Waals surface area contributed by atoms with E-state index in [1.165, 1.54) is 9.75 Å². The quantitative estimate of drug-likeness (QED) is 0.635. The van der Waals surface area contributed by atoms with E-state index in [1.807, 2.05) is 29.5 Å². The molecule has 2 rings (SSSR count). The first-order valence-electron chi connectivity index (χ1n) is 7.27. The highest BCUT2D eigenvalue weighted by molar-refractivity contribution is 7.11. The van der Waals surface area contributed by atoms with Crippen LogP contribution in [0.25, 0.3) is 0 Å². The molecule has 0 unspecified atom stereocenters. The monoisotopic (exact) mass is 318 g/mol. The first-order chi connectivity index (χ1) is 10.7. The van der Waals surface area contributed by atoms with Gasteiger partial charge in [-0.05, 0) is 24.6 Å². The Bertz CT molecular complexity index is 624. The standard InChI is InChI=1S/C16H22N4OS/c1-4-13-8-9-14(22-13)11-19-16(17-2)18-10-12-6-5-7-15(20-12)21-3/h5-9H,4,10-11H2,1-3H3,(H2,17,18,19). The molecule has 0 radical (unpaired) electrons. The summed E-state index contributed by atoms with van der Waals surface area (Å²) in [6.45, 7) is 3.54. The number of aliphatic imine (C=N–C) groups is 1. The molecule has 5 nitrogen and oxygen atoms in total. The number of aryl methyl sites for hydroxylation is 1. The van der Waals surface area contributed by atoms with E-state index < -0.39 is 0 Å². The lowest BCUT2D eigenvalue weighted by Crippen LogP contribution is -2.36. The summed E-state index contributed by atoms with van der Waals surface area (Å²) in [6.07, 6.45) is 1.08. The highest BCUT2D eigenvalue weighted by Gasteiger charge is 2.03. The highest BCUT2D eigenvalue weighted by atomic mass is 32.1. The number of ether oxygens (including phenoxy) is 1. The number of hydrogen-bond acceptors (Lipinski definition) is 4. The van der Waals surface area contributed by atoms with Crippen molar-refractivity contribution in [1.82, 2.24) is 15.6 Å². The SMILES string of the molecule is CCc1ccc(CNC(=NC)NCc2cccc(OC)n2)s1. The van der Waals surface area contributed by atoms with Gasteiger partial charge in [-0.1, -0.05) is 13.0 Å². The van der Waals surface area contributed by atoms with Crippen LogP contribution in [-0.2, 0) is 19.5 Å². The Kier molecular flexibility index (Phi) is 6.21. The minimum absolute atomic E-state index is 0.599. The summed E-state index contributed by atoms with van der Waals surface area (Å²) >= 11 is 1.83. The molecule has 2 N–H and O–H groups in total. The first kappa shape index (κ1) is 16.3. The highest BCUT2D eigenvalue weighted by Crippen LogP contribution is 2.16. The van der Waals surface area contributed by atoms with Crippen LogP contribution in [-0.4, -0.2) is 25.1 Å². The van der Waals surface area contributed by atoms with E-state index in [2.05, 4.69) is 39.7 Å². The molecular weight excluding hydrogens is 296 g/mol. The van der Waals surface area contributed by atoms with Gasteiger partial charge in [0.1, 0.15) is 0 Å². The maximum absolute atomic E-state index is 5.12. The van der Waals surface area contributed by atoms with E-state index in [0.717, 1.165) is 24.6 Å². The summed E-state index contributed by atoms with van der Waals surface area (Å²) < 4.78 is 5.12. The van der Waals surface area contributed by atoms with Crippen LogP contribution in [0.3, 0.4) is 0 Å². The van der Waals surface area contributed by atoms with Gasteiger partial charge in [-0.25, -0.2) is 4.98 Å². The van der Waals surface area contributed by atoms with Crippen molar-refractivity contribution in [3.05, 3.63) is 45.8 Å². The third-order valence-corrected chi connectivity index (χ3v) is 4.38. The second kappa shape index (κ2) is 8.38. The fourth-order valence-electron chi connectivity index (χ4n) is 1.94. The van der Waals surface area contributed by atoms with Crippen LogP contribution in [0.1, 0.15) is 22.4 Å². The number of rotatable bonds is 6. The minimum atomic E-state index is 0.599. The lowest BCUT2D eigenvalue weighted by atomic mass is 10.3. The third-order valence-electron chi connectivity index (χ3n) is 3.15. The van der Waals surface area contributed by atoms with Gasteiger partial charge in [0.2, 0.25) is 5.88 Å². The van der Waals surface area contributed by atoms with Crippen LogP contribution in [0.5, 0.6) is 5.88 Å². The van der Waals surface area contributed by atoms with Gasteiger partial charge >= 0.3 is 0 Å². The second-order valence-corrected chi connectivity index (χ2v) is 5.93. The topological polar surface area (TPSA) is 58.5 Å². The van der Waals surface area contributed by atoms with E-state index in [0.29, 0.717) is 12.4 Å². The number of hydrogen-bond donors (Lipinski definition) is 2. The predicted molar refractivity (Wildman–Crippen MR) is 91.5 cm³/mol. The summed E-state index contributed by atoms with van der Waals surface area (Å²) in [5.74, 6) is 1.38. The molecule has 0 saturated heterocycles. The van der Waals surface area contributed by atoms with Gasteiger partial charge in [0.15, 0.2) is 5.96 Å². The molecule has 0 aliphatic heterocycles. The lowest BCUT2D eigenvalue weighted by Gasteiger charge is -2.11. The molecular formula is C16H22N4OS. The average molecular weight is 318 g/mol. The molecule has 2 aromatic rings. The van der Waals surface area contributed by atoms with Crippen molar-refractivity contribution in [1.29, 1.82) is 0 Å². The van der Waals surface area contributed by atoms with E-state index in [4.69, 9.17) is 4.74 Å². The number of methoxy groups -OCH3 is 1. The van der Waals surface area contributed by atoms with Gasteiger partial charge in [0.05, 0.1) is 25.9 Å². The molecule has 6 heteroatoms. The Labute approximate surface area is 135 Å². The molecule has 0 amide bonds. The van der Waals surface area contributed by atoms with Gasteiger partial charge in [-0.2, -0.15) is 0 Å². The van der Waals surface area contributed by atoms with Crippen molar-refractivity contribution in [2.45, 2.75) is 26.4 Å². The molecule has 0 spiro atoms. The zero-order valence-electron chi connectivity index (χ0n) is 13.2. The number of guanidine groups is 1. The van der Waals surface area contributed by atoms with Crippen LogP contribution in [0.4, 0.5) is 0 Å². The van der Waals surface area contributed by atoms with Crippen molar-refractivity contribution in [3.8, 4) is 5.88 Å². The lowest BCUT2D eigenvalue weighted by molar-refractivity contribution is 0.396. The average Bonchev–Trinajstić information content (AvgIpc) is 3.03. The van der Waals surface area contributed by atoms with Crippen molar-refractivity contribution >= 4 is 17.3 Å². The molecule has 0 fully saturated rings. The summed E-state index contributed by atoms with van der Waals surface area (Å²) in [6, 6.07) is 10.1. The van der Waals surface area contributed by atoms with Crippen molar-refractivity contribution in [3.63, 3.8) is 0 Å². The molecule has 22 heavy (non-hydrogen) atoms. The molecule has 2 heterocycles. The fraction of sp³-hybridized carbons (Fsp3) is 0.375. The van der Waals surface area contributed by atoms with Gasteiger partial charge < -0.3 is 15.4 Å². The molecule has 0 bridgehead atoms. The van der Waals surface area contributed by atoms with Crippen molar-refractivity contribution in [2.24, 2.45) is 4.99 Å². The van der Waals surface area contributed by atoms with Crippen molar-refractivity contribution in [2.75, 3.05) is 14.2 Å². The number of thiophene rings is 1. The van der Waals surface area contributed by atoms with Gasteiger partial charge in [0, 0.05) is 22.9 Å². The van der Waals surface area contributed by atoms with E-state index in [-0.39, 0.29) is 0 Å². The van der Waals surface area contributed by atoms with Gasteiger partial charge in [0.25, 0.3) is 0 Å². The number of pyridine rings is 1. The third kappa shape index (κ3) is 4.73.